The second-order valence-electron chi connectivity index (χ2n) is 11.7. The predicted molar refractivity (Wildman–Crippen MR) is 121 cm³/mol. The molecule has 4 rings (SSSR count). The Labute approximate surface area is 179 Å². The molecular weight excluding hydrogens is 356 g/mol. The Morgan fingerprint density at radius 1 is 1.07 bits per heavy atom. The topological polar surface area (TPSA) is 23.6 Å². The smallest absolute Gasteiger partial charge is 0.219 e. The van der Waals surface area contributed by atoms with Crippen molar-refractivity contribution in [2.45, 2.75) is 91.1 Å². The first kappa shape index (κ1) is 21.4. The highest BCUT2D eigenvalue weighted by atomic mass is 16.2. The molecule has 8 atom stereocenters. The lowest BCUT2D eigenvalue weighted by atomic mass is 9.47. The summed E-state index contributed by atoms with van der Waals surface area (Å²) in [5, 5.41) is 0. The number of carbonyl (C=O) groups excluding carboxylic acids is 1. The van der Waals surface area contributed by atoms with E-state index in [0.29, 0.717) is 22.8 Å². The molecular formula is C26H44N2O. The number of nitrogens with zero attached hydrogens (tertiary/aromatic N) is 2. The van der Waals surface area contributed by atoms with Crippen LogP contribution in [-0.2, 0) is 4.79 Å². The lowest BCUT2D eigenvalue weighted by Gasteiger charge is -2.59. The third-order valence-corrected chi connectivity index (χ3v) is 10.6. The minimum Gasteiger partial charge on any atom is -0.343 e. The summed E-state index contributed by atoms with van der Waals surface area (Å²) in [7, 11) is 6.52. The van der Waals surface area contributed by atoms with E-state index in [0.717, 1.165) is 23.8 Å². The minimum absolute atomic E-state index is 0.216. The summed E-state index contributed by atoms with van der Waals surface area (Å²) in [6, 6.07) is 1.10. The molecule has 0 aliphatic heterocycles. The van der Waals surface area contributed by atoms with Gasteiger partial charge in [-0.3, -0.25) is 4.79 Å². The van der Waals surface area contributed by atoms with Gasteiger partial charge in [0.2, 0.25) is 5.91 Å². The highest BCUT2D eigenvalue weighted by Crippen LogP contribution is 2.66. The van der Waals surface area contributed by atoms with Crippen LogP contribution in [0, 0.1) is 34.5 Å². The maximum atomic E-state index is 12.0. The summed E-state index contributed by atoms with van der Waals surface area (Å²) in [5.74, 6) is 3.45. The van der Waals surface area contributed by atoms with Crippen LogP contribution in [0.1, 0.15) is 79.1 Å². The molecule has 29 heavy (non-hydrogen) atoms. The maximum Gasteiger partial charge on any atom is 0.219 e. The van der Waals surface area contributed by atoms with E-state index < -0.39 is 0 Å². The molecule has 3 saturated carbocycles. The number of allylic oxidation sites excluding steroid dienone is 1. The van der Waals surface area contributed by atoms with Gasteiger partial charge in [0, 0.05) is 26.1 Å². The Morgan fingerprint density at radius 3 is 2.45 bits per heavy atom. The fourth-order valence-electron chi connectivity index (χ4n) is 8.47. The van der Waals surface area contributed by atoms with Crippen LogP contribution in [0.5, 0.6) is 0 Å². The molecule has 4 aliphatic rings. The molecule has 3 fully saturated rings. The molecule has 4 aliphatic carbocycles. The van der Waals surface area contributed by atoms with Gasteiger partial charge in [-0.2, -0.15) is 0 Å². The molecule has 1 amide bonds. The van der Waals surface area contributed by atoms with Crippen molar-refractivity contribution in [1.82, 2.24) is 9.80 Å². The van der Waals surface area contributed by atoms with Crippen LogP contribution >= 0.6 is 0 Å². The maximum absolute atomic E-state index is 12.0. The number of rotatable bonds is 3. The standard InChI is InChI=1S/C26H44N2O/c1-17(28(7)18(2)29)22-10-11-23-21-9-8-19-16-20(27(5)6)12-14-25(19,3)24(21)13-15-26(22,23)4/h8,17,20-24H,9-16H2,1-7H3/t17-,20+,21-,22+,23-,24-,25-,26+/m0/s1. The average Bonchev–Trinajstić information content (AvgIpc) is 3.03. The third-order valence-electron chi connectivity index (χ3n) is 10.6. The van der Waals surface area contributed by atoms with Crippen molar-refractivity contribution in [3.8, 4) is 0 Å². The molecule has 0 saturated heterocycles. The van der Waals surface area contributed by atoms with E-state index in [1.54, 1.807) is 12.5 Å². The van der Waals surface area contributed by atoms with Crippen LogP contribution in [0.4, 0.5) is 0 Å². The van der Waals surface area contributed by atoms with Crippen LogP contribution in [0.25, 0.3) is 0 Å². The van der Waals surface area contributed by atoms with E-state index in [1.165, 1.54) is 51.4 Å². The van der Waals surface area contributed by atoms with Gasteiger partial charge in [0.25, 0.3) is 0 Å². The van der Waals surface area contributed by atoms with Crippen LogP contribution in [-0.4, -0.2) is 48.9 Å². The predicted octanol–water partition coefficient (Wildman–Crippen LogP) is 5.36. The van der Waals surface area contributed by atoms with Crippen molar-refractivity contribution in [1.29, 1.82) is 0 Å². The van der Waals surface area contributed by atoms with Gasteiger partial charge in [-0.05, 0) is 107 Å². The Morgan fingerprint density at radius 2 is 1.79 bits per heavy atom. The van der Waals surface area contributed by atoms with Gasteiger partial charge >= 0.3 is 0 Å². The van der Waals surface area contributed by atoms with Crippen LogP contribution < -0.4 is 0 Å². The quantitative estimate of drug-likeness (QED) is 0.595. The van der Waals surface area contributed by atoms with E-state index in [2.05, 4.69) is 45.8 Å². The van der Waals surface area contributed by atoms with Gasteiger partial charge in [0.1, 0.15) is 0 Å². The van der Waals surface area contributed by atoms with Crippen LogP contribution in [0.15, 0.2) is 11.6 Å². The molecule has 0 aromatic heterocycles. The minimum atomic E-state index is 0.216. The van der Waals surface area contributed by atoms with Crippen LogP contribution in [0.2, 0.25) is 0 Å². The van der Waals surface area contributed by atoms with Gasteiger partial charge in [0.05, 0.1) is 0 Å². The average molecular weight is 401 g/mol. The summed E-state index contributed by atoms with van der Waals surface area (Å²) in [6.07, 6.45) is 13.4. The van der Waals surface area contributed by atoms with Crippen molar-refractivity contribution < 1.29 is 4.79 Å². The van der Waals surface area contributed by atoms with E-state index in [1.807, 2.05) is 11.9 Å². The van der Waals surface area contributed by atoms with E-state index in [9.17, 15) is 4.79 Å². The summed E-state index contributed by atoms with van der Waals surface area (Å²) < 4.78 is 0. The molecule has 0 aromatic carbocycles. The normalized spacial score (nSPS) is 45.1. The van der Waals surface area contributed by atoms with Crippen molar-refractivity contribution in [3.63, 3.8) is 0 Å². The summed E-state index contributed by atoms with van der Waals surface area (Å²) in [5.41, 5.74) is 2.63. The van der Waals surface area contributed by atoms with Crippen LogP contribution in [0.3, 0.4) is 0 Å². The Kier molecular flexibility index (Phi) is 5.46. The third kappa shape index (κ3) is 3.22. The molecule has 0 spiro atoms. The largest absolute Gasteiger partial charge is 0.343 e. The van der Waals surface area contributed by atoms with E-state index in [-0.39, 0.29) is 5.91 Å². The van der Waals surface area contributed by atoms with Crippen molar-refractivity contribution >= 4 is 5.91 Å². The number of hydrogen-bond donors (Lipinski definition) is 0. The highest BCUT2D eigenvalue weighted by Gasteiger charge is 2.59. The zero-order chi connectivity index (χ0) is 21.1. The number of hydrogen-bond acceptors (Lipinski definition) is 2. The Hall–Kier alpha value is -0.830. The molecule has 0 heterocycles. The van der Waals surface area contributed by atoms with E-state index >= 15 is 0 Å². The molecule has 0 radical (unpaired) electrons. The highest BCUT2D eigenvalue weighted by molar-refractivity contribution is 5.73. The summed E-state index contributed by atoms with van der Waals surface area (Å²) >= 11 is 0. The fraction of sp³-hybridized carbons (Fsp3) is 0.885. The van der Waals surface area contributed by atoms with E-state index in [4.69, 9.17) is 0 Å². The summed E-state index contributed by atoms with van der Waals surface area (Å²) in [6.45, 7) is 9.22. The zero-order valence-corrected chi connectivity index (χ0v) is 20.0. The lowest BCUT2D eigenvalue weighted by molar-refractivity contribution is -0.132. The van der Waals surface area contributed by atoms with Crippen molar-refractivity contribution in [2.75, 3.05) is 21.1 Å². The monoisotopic (exact) mass is 400 g/mol. The van der Waals surface area contributed by atoms with Gasteiger partial charge in [0.15, 0.2) is 0 Å². The fourth-order valence-corrected chi connectivity index (χ4v) is 8.47. The molecule has 0 aromatic rings. The Balaban J connectivity index is 1.57. The SMILES string of the molecule is CC(=O)N(C)[C@@H](C)[C@H]1CC[C@H]2[C@@H]3CC=C4C[C@H](N(C)C)CC[C@]4(C)[C@H]3CC[C@]12C. The van der Waals surface area contributed by atoms with Gasteiger partial charge < -0.3 is 9.80 Å². The number of fused-ring (bicyclic) bond motifs is 5. The van der Waals surface area contributed by atoms with Gasteiger partial charge in [-0.15, -0.1) is 0 Å². The summed E-state index contributed by atoms with van der Waals surface area (Å²) in [4.78, 5) is 16.5. The van der Waals surface area contributed by atoms with Gasteiger partial charge in [-0.1, -0.05) is 25.5 Å². The molecule has 164 valence electrons. The number of amides is 1. The molecule has 3 heteroatoms. The van der Waals surface area contributed by atoms with Gasteiger partial charge in [-0.25, -0.2) is 0 Å². The van der Waals surface area contributed by atoms with Crippen molar-refractivity contribution in [3.05, 3.63) is 11.6 Å². The molecule has 0 N–H and O–H groups in total. The first-order valence-corrected chi connectivity index (χ1v) is 12.2. The first-order valence-electron chi connectivity index (χ1n) is 12.2. The number of carbonyl (C=O) groups is 1. The zero-order valence-electron chi connectivity index (χ0n) is 20.0. The Bertz CT molecular complexity index is 684. The second-order valence-corrected chi connectivity index (χ2v) is 11.7. The van der Waals surface area contributed by atoms with Crippen molar-refractivity contribution in [2.24, 2.45) is 34.5 Å². The molecule has 0 bridgehead atoms. The molecule has 3 nitrogen and oxygen atoms in total. The second kappa shape index (κ2) is 7.39. The molecule has 0 unspecified atom stereocenters. The first-order chi connectivity index (χ1) is 13.6. The lowest BCUT2D eigenvalue weighted by Crippen LogP contribution is -2.53.